The summed E-state index contributed by atoms with van der Waals surface area (Å²) in [6, 6.07) is 18.2. The fraction of sp³-hybridized carbons (Fsp3) is 0.304. The van der Waals surface area contributed by atoms with Gasteiger partial charge in [-0.25, -0.2) is 4.79 Å². The van der Waals surface area contributed by atoms with Crippen molar-refractivity contribution in [3.63, 3.8) is 0 Å². The molecule has 0 aliphatic heterocycles. The first kappa shape index (κ1) is 19.8. The summed E-state index contributed by atoms with van der Waals surface area (Å²) < 4.78 is 11.0. The number of esters is 1. The van der Waals surface area contributed by atoms with Crippen LogP contribution in [0, 0.1) is 0 Å². The Hall–Kier alpha value is -2.92. The van der Waals surface area contributed by atoms with E-state index in [9.17, 15) is 9.59 Å². The number of methoxy groups -OCH3 is 1. The molecule has 146 valence electrons. The molecular weight excluding hydrogens is 354 g/mol. The molecule has 0 saturated heterocycles. The maximum absolute atomic E-state index is 12.6. The van der Waals surface area contributed by atoms with Crippen LogP contribution >= 0.6 is 0 Å². The normalized spacial score (nSPS) is 20.0. The summed E-state index contributed by atoms with van der Waals surface area (Å²) in [5.74, 6) is -0.510. The predicted molar refractivity (Wildman–Crippen MR) is 107 cm³/mol. The second-order valence-electron chi connectivity index (χ2n) is 6.77. The number of benzene rings is 2. The molecule has 3 rings (SSSR count). The maximum Gasteiger partial charge on any atom is 0.338 e. The lowest BCUT2D eigenvalue weighted by atomic mass is 10.1. The topological polar surface area (TPSA) is 64.6 Å². The van der Waals surface area contributed by atoms with Gasteiger partial charge in [0.25, 0.3) is 5.91 Å². The van der Waals surface area contributed by atoms with Crippen LogP contribution in [0.1, 0.15) is 41.3 Å². The van der Waals surface area contributed by atoms with Gasteiger partial charge in [-0.1, -0.05) is 54.6 Å². The standard InChI is InChI=1S/C23H25NO4/c1-27-21(17-9-4-2-5-10-17)22(25)24-19-13-8-14-20(16-15-19)28-23(26)18-11-6-3-7-12-18/h2-7,9-12,15-16,19-21H,8,13-14H2,1H3,(H,24,25)/t19-,20+,21-/m0/s1. The molecule has 0 radical (unpaired) electrons. The average Bonchev–Trinajstić information content (AvgIpc) is 2.95. The van der Waals surface area contributed by atoms with Gasteiger partial charge in [-0.2, -0.15) is 0 Å². The Balaban J connectivity index is 1.58. The zero-order valence-corrected chi connectivity index (χ0v) is 15.9. The van der Waals surface area contributed by atoms with E-state index in [4.69, 9.17) is 9.47 Å². The number of carbonyl (C=O) groups is 2. The number of hydrogen-bond donors (Lipinski definition) is 1. The fourth-order valence-electron chi connectivity index (χ4n) is 3.27. The maximum atomic E-state index is 12.6. The van der Waals surface area contributed by atoms with Crippen molar-refractivity contribution in [1.82, 2.24) is 5.32 Å². The smallest absolute Gasteiger partial charge is 0.338 e. The highest BCUT2D eigenvalue weighted by Gasteiger charge is 2.24. The van der Waals surface area contributed by atoms with Gasteiger partial charge in [-0.3, -0.25) is 4.79 Å². The van der Waals surface area contributed by atoms with Crippen LogP contribution in [0.25, 0.3) is 0 Å². The monoisotopic (exact) mass is 379 g/mol. The molecule has 5 heteroatoms. The van der Waals surface area contributed by atoms with E-state index in [1.165, 1.54) is 7.11 Å². The van der Waals surface area contributed by atoms with Crippen molar-refractivity contribution in [3.05, 3.63) is 83.9 Å². The highest BCUT2D eigenvalue weighted by atomic mass is 16.5. The van der Waals surface area contributed by atoms with Crippen molar-refractivity contribution in [2.45, 2.75) is 37.5 Å². The summed E-state index contributed by atoms with van der Waals surface area (Å²) in [6.45, 7) is 0. The average molecular weight is 379 g/mol. The number of nitrogens with one attached hydrogen (secondary N) is 1. The van der Waals surface area contributed by atoms with Crippen LogP contribution in [0.2, 0.25) is 0 Å². The minimum Gasteiger partial charge on any atom is -0.455 e. The van der Waals surface area contributed by atoms with E-state index >= 15 is 0 Å². The van der Waals surface area contributed by atoms with Gasteiger partial charge >= 0.3 is 5.97 Å². The molecule has 2 aromatic rings. The predicted octanol–water partition coefficient (Wildman–Crippen LogP) is 3.82. The first-order chi connectivity index (χ1) is 13.7. The molecule has 0 heterocycles. The van der Waals surface area contributed by atoms with Crippen LogP contribution in [-0.4, -0.2) is 31.1 Å². The summed E-state index contributed by atoms with van der Waals surface area (Å²) in [5.41, 5.74) is 1.35. The zero-order chi connectivity index (χ0) is 19.8. The van der Waals surface area contributed by atoms with Crippen LogP contribution in [-0.2, 0) is 14.3 Å². The first-order valence-electron chi connectivity index (χ1n) is 9.50. The molecule has 3 atom stereocenters. The molecule has 28 heavy (non-hydrogen) atoms. The summed E-state index contributed by atoms with van der Waals surface area (Å²) in [5, 5.41) is 3.02. The Bertz CT molecular complexity index is 804. The number of ether oxygens (including phenoxy) is 2. The molecule has 1 aliphatic carbocycles. The molecular formula is C23H25NO4. The Morgan fingerprint density at radius 2 is 1.64 bits per heavy atom. The summed E-state index contributed by atoms with van der Waals surface area (Å²) in [4.78, 5) is 24.9. The van der Waals surface area contributed by atoms with Crippen molar-refractivity contribution in [2.24, 2.45) is 0 Å². The second kappa shape index (κ2) is 9.85. The van der Waals surface area contributed by atoms with Gasteiger partial charge in [0.1, 0.15) is 6.10 Å². The third-order valence-corrected chi connectivity index (χ3v) is 4.73. The van der Waals surface area contributed by atoms with Gasteiger partial charge < -0.3 is 14.8 Å². The third kappa shape index (κ3) is 5.30. The first-order valence-corrected chi connectivity index (χ1v) is 9.50. The van der Waals surface area contributed by atoms with Crippen molar-refractivity contribution < 1.29 is 19.1 Å². The molecule has 1 aliphatic rings. The van der Waals surface area contributed by atoms with Crippen molar-refractivity contribution >= 4 is 11.9 Å². The van der Waals surface area contributed by atoms with Crippen LogP contribution in [0.4, 0.5) is 0 Å². The van der Waals surface area contributed by atoms with E-state index in [1.54, 1.807) is 12.1 Å². The molecule has 0 saturated carbocycles. The van der Waals surface area contributed by atoms with Gasteiger partial charge in [0, 0.05) is 13.2 Å². The molecule has 2 aromatic carbocycles. The number of carbonyl (C=O) groups excluding carboxylic acids is 2. The molecule has 0 unspecified atom stereocenters. The molecule has 1 N–H and O–H groups in total. The highest BCUT2D eigenvalue weighted by Crippen LogP contribution is 2.20. The van der Waals surface area contributed by atoms with Gasteiger partial charge in [0.15, 0.2) is 6.10 Å². The van der Waals surface area contributed by atoms with Crippen LogP contribution < -0.4 is 5.32 Å². The summed E-state index contributed by atoms with van der Waals surface area (Å²) in [6.07, 6.45) is 5.19. The summed E-state index contributed by atoms with van der Waals surface area (Å²) >= 11 is 0. The fourth-order valence-corrected chi connectivity index (χ4v) is 3.27. The van der Waals surface area contributed by atoms with Gasteiger partial charge in [-0.15, -0.1) is 0 Å². The summed E-state index contributed by atoms with van der Waals surface area (Å²) in [7, 11) is 1.53. The lowest BCUT2D eigenvalue weighted by Crippen LogP contribution is -2.37. The lowest BCUT2D eigenvalue weighted by Gasteiger charge is -2.19. The van der Waals surface area contributed by atoms with Crippen LogP contribution in [0.3, 0.4) is 0 Å². The molecule has 0 spiro atoms. The Labute approximate surface area is 165 Å². The molecule has 0 fully saturated rings. The largest absolute Gasteiger partial charge is 0.455 e. The van der Waals surface area contributed by atoms with E-state index in [0.717, 1.165) is 24.8 Å². The van der Waals surface area contributed by atoms with E-state index in [0.29, 0.717) is 5.56 Å². The quantitative estimate of drug-likeness (QED) is 0.612. The van der Waals surface area contributed by atoms with Crippen LogP contribution in [0.5, 0.6) is 0 Å². The SMILES string of the molecule is CO[C@H](C(=O)N[C@@H]1C=C[C@H](OC(=O)c2ccccc2)CCC1)c1ccccc1. The zero-order valence-electron chi connectivity index (χ0n) is 15.9. The number of rotatable bonds is 6. The number of hydrogen-bond acceptors (Lipinski definition) is 4. The van der Waals surface area contributed by atoms with Crippen molar-refractivity contribution in [2.75, 3.05) is 7.11 Å². The molecule has 5 nitrogen and oxygen atoms in total. The van der Waals surface area contributed by atoms with E-state index < -0.39 is 6.10 Å². The van der Waals surface area contributed by atoms with E-state index in [-0.39, 0.29) is 24.0 Å². The molecule has 1 amide bonds. The minimum atomic E-state index is -0.649. The Kier molecular flexibility index (Phi) is 6.98. The van der Waals surface area contributed by atoms with Gasteiger partial charge in [0.2, 0.25) is 0 Å². The van der Waals surface area contributed by atoms with Crippen molar-refractivity contribution in [1.29, 1.82) is 0 Å². The minimum absolute atomic E-state index is 0.116. The highest BCUT2D eigenvalue weighted by molar-refractivity contribution is 5.89. The number of amides is 1. The third-order valence-electron chi connectivity index (χ3n) is 4.73. The Morgan fingerprint density at radius 1 is 0.964 bits per heavy atom. The van der Waals surface area contributed by atoms with Gasteiger partial charge in [0.05, 0.1) is 5.56 Å². The Morgan fingerprint density at radius 3 is 2.32 bits per heavy atom. The molecule has 0 aromatic heterocycles. The van der Waals surface area contributed by atoms with Crippen molar-refractivity contribution in [3.8, 4) is 0 Å². The van der Waals surface area contributed by atoms with E-state index in [1.807, 2.05) is 60.7 Å². The van der Waals surface area contributed by atoms with Crippen LogP contribution in [0.15, 0.2) is 72.8 Å². The molecule has 0 bridgehead atoms. The second-order valence-corrected chi connectivity index (χ2v) is 6.77. The lowest BCUT2D eigenvalue weighted by molar-refractivity contribution is -0.131. The van der Waals surface area contributed by atoms with E-state index in [2.05, 4.69) is 5.32 Å². The van der Waals surface area contributed by atoms with Gasteiger partial charge in [-0.05, 0) is 43.0 Å².